The van der Waals surface area contributed by atoms with E-state index < -0.39 is 30.0 Å². The monoisotopic (exact) mass is 235 g/mol. The predicted molar refractivity (Wildman–Crippen MR) is 50.2 cm³/mol. The molecule has 9 heteroatoms. The van der Waals surface area contributed by atoms with Gasteiger partial charge in [0.05, 0.1) is 6.51 Å². The van der Waals surface area contributed by atoms with Crippen molar-refractivity contribution in [2.24, 2.45) is 0 Å². The van der Waals surface area contributed by atoms with E-state index in [0.29, 0.717) is 5.69 Å². The molecule has 88 valence electrons. The summed E-state index contributed by atoms with van der Waals surface area (Å²) in [5, 5.41) is 10.5. The third-order valence-electron chi connectivity index (χ3n) is 1.58. The highest BCUT2D eigenvalue weighted by atomic mass is 19.4. The Bertz CT molecular complexity index is 410. The van der Waals surface area contributed by atoms with Crippen LogP contribution in [0.1, 0.15) is 5.69 Å². The maximum absolute atomic E-state index is 11.9. The molecular weight excluding hydrogens is 228 g/mol. The zero-order chi connectivity index (χ0) is 12.3. The van der Waals surface area contributed by atoms with E-state index >= 15 is 0 Å². The highest BCUT2D eigenvalue weighted by Gasteiger charge is 2.26. The standard InChI is InChI=1S/C7H7BF3N2O3/c1-5-2-3-6(7(12-5)13(14)15)16-4-8(9,10)11/h2-3H,4H2,1H3/q-1. The van der Waals surface area contributed by atoms with Gasteiger partial charge in [-0.3, -0.25) is 0 Å². The fourth-order valence-electron chi connectivity index (χ4n) is 0.958. The fourth-order valence-corrected chi connectivity index (χ4v) is 0.958. The van der Waals surface area contributed by atoms with Crippen LogP contribution >= 0.6 is 0 Å². The molecule has 1 aromatic rings. The van der Waals surface area contributed by atoms with Crippen LogP contribution in [0, 0.1) is 17.0 Å². The molecule has 0 radical (unpaired) electrons. The van der Waals surface area contributed by atoms with Crippen LogP contribution in [0.15, 0.2) is 12.1 Å². The number of ether oxygens (including phenoxy) is 1. The summed E-state index contributed by atoms with van der Waals surface area (Å²) in [6, 6.07) is 2.44. The van der Waals surface area contributed by atoms with E-state index in [-0.39, 0.29) is 0 Å². The van der Waals surface area contributed by atoms with E-state index in [1.54, 1.807) is 0 Å². The molecule has 0 unspecified atom stereocenters. The molecule has 5 nitrogen and oxygen atoms in total. The van der Waals surface area contributed by atoms with E-state index in [0.717, 1.165) is 6.07 Å². The predicted octanol–water partition coefficient (Wildman–Crippen LogP) is 2.06. The van der Waals surface area contributed by atoms with Crippen LogP contribution in [0.2, 0.25) is 0 Å². The van der Waals surface area contributed by atoms with Crippen LogP contribution in [0.25, 0.3) is 0 Å². The van der Waals surface area contributed by atoms with Crippen LogP contribution in [-0.4, -0.2) is 23.4 Å². The number of hydrogen-bond donors (Lipinski definition) is 0. The van der Waals surface area contributed by atoms with Crippen molar-refractivity contribution in [3.8, 4) is 5.75 Å². The normalized spacial score (nSPS) is 11.2. The second-order valence-electron chi connectivity index (χ2n) is 3.05. The topological polar surface area (TPSA) is 65.3 Å². The van der Waals surface area contributed by atoms with Crippen LogP contribution < -0.4 is 4.74 Å². The molecule has 0 saturated heterocycles. The molecule has 1 aromatic heterocycles. The fraction of sp³-hybridized carbons (Fsp3) is 0.286. The van der Waals surface area contributed by atoms with Gasteiger partial charge in [-0.2, -0.15) is 0 Å². The molecule has 0 atom stereocenters. The lowest BCUT2D eigenvalue weighted by Gasteiger charge is -2.14. The first-order valence-corrected chi connectivity index (χ1v) is 4.25. The van der Waals surface area contributed by atoms with Crippen molar-refractivity contribution < 1.29 is 22.6 Å². The Hall–Kier alpha value is -1.80. The van der Waals surface area contributed by atoms with Crippen molar-refractivity contribution in [3.63, 3.8) is 0 Å². The third kappa shape index (κ3) is 3.41. The molecule has 0 bridgehead atoms. The highest BCUT2D eigenvalue weighted by Crippen LogP contribution is 2.25. The van der Waals surface area contributed by atoms with Crippen molar-refractivity contribution in [3.05, 3.63) is 27.9 Å². The molecule has 16 heavy (non-hydrogen) atoms. The lowest BCUT2D eigenvalue weighted by molar-refractivity contribution is -0.390. The molecule has 0 spiro atoms. The van der Waals surface area contributed by atoms with E-state index in [1.165, 1.54) is 13.0 Å². The van der Waals surface area contributed by atoms with E-state index in [4.69, 9.17) is 0 Å². The van der Waals surface area contributed by atoms with Gasteiger partial charge in [0.2, 0.25) is 5.75 Å². The first kappa shape index (κ1) is 12.3. The number of pyridine rings is 1. The van der Waals surface area contributed by atoms with Gasteiger partial charge in [0.25, 0.3) is 0 Å². The highest BCUT2D eigenvalue weighted by molar-refractivity contribution is 6.58. The largest absolute Gasteiger partial charge is 0.515 e. The molecule has 0 saturated carbocycles. The number of halogens is 3. The lowest BCUT2D eigenvalue weighted by atomic mass is 9.95. The van der Waals surface area contributed by atoms with Gasteiger partial charge in [-0.1, -0.05) is 0 Å². The number of nitro groups is 1. The number of rotatable bonds is 4. The molecule has 1 rings (SSSR count). The Balaban J connectivity index is 2.91. The second-order valence-corrected chi connectivity index (χ2v) is 3.05. The number of aromatic nitrogens is 1. The molecular formula is C7H7BF3N2O3-. The van der Waals surface area contributed by atoms with Gasteiger partial charge in [0, 0.05) is 6.92 Å². The van der Waals surface area contributed by atoms with Crippen molar-refractivity contribution in [2.75, 3.05) is 6.51 Å². The zero-order valence-electron chi connectivity index (χ0n) is 8.19. The number of aryl methyl sites for hydroxylation is 1. The molecule has 1 heterocycles. The SMILES string of the molecule is Cc1ccc(OC[B-](F)(F)F)c([N+](=O)[O-])n1. The van der Waals surface area contributed by atoms with E-state index in [2.05, 4.69) is 9.72 Å². The van der Waals surface area contributed by atoms with Crippen molar-refractivity contribution in [1.82, 2.24) is 4.98 Å². The van der Waals surface area contributed by atoms with Gasteiger partial charge < -0.3 is 27.8 Å². The van der Waals surface area contributed by atoms with Gasteiger partial charge in [0.15, 0.2) is 0 Å². The molecule has 0 aliphatic heterocycles. The summed E-state index contributed by atoms with van der Waals surface area (Å²) >= 11 is 0. The van der Waals surface area contributed by atoms with Gasteiger partial charge in [0.1, 0.15) is 5.69 Å². The van der Waals surface area contributed by atoms with Crippen LogP contribution in [0.4, 0.5) is 18.8 Å². The average Bonchev–Trinajstić information content (AvgIpc) is 2.14. The Morgan fingerprint density at radius 1 is 1.50 bits per heavy atom. The maximum atomic E-state index is 11.9. The van der Waals surface area contributed by atoms with Crippen molar-refractivity contribution >= 4 is 12.8 Å². The smallest absolute Gasteiger partial charge is 0.515 e. The lowest BCUT2D eigenvalue weighted by Crippen LogP contribution is -2.26. The average molecular weight is 235 g/mol. The minimum absolute atomic E-state index is 0.330. The molecule has 0 aliphatic carbocycles. The van der Waals surface area contributed by atoms with Crippen LogP contribution in [0.3, 0.4) is 0 Å². The van der Waals surface area contributed by atoms with Gasteiger partial charge >= 0.3 is 12.8 Å². The maximum Gasteiger partial charge on any atom is 0.515 e. The summed E-state index contributed by atoms with van der Waals surface area (Å²) in [6.45, 7) is -5.18. The Morgan fingerprint density at radius 3 is 2.62 bits per heavy atom. The minimum atomic E-state index is -5.15. The van der Waals surface area contributed by atoms with Crippen LogP contribution in [-0.2, 0) is 0 Å². The molecule has 0 fully saturated rings. The van der Waals surface area contributed by atoms with Crippen molar-refractivity contribution in [1.29, 1.82) is 0 Å². The molecule has 0 aromatic carbocycles. The Kier molecular flexibility index (Phi) is 3.36. The minimum Gasteiger partial charge on any atom is -0.515 e. The molecule has 0 N–H and O–H groups in total. The first-order valence-electron chi connectivity index (χ1n) is 4.25. The summed E-state index contributed by atoms with van der Waals surface area (Å²) in [7, 11) is 0. The van der Waals surface area contributed by atoms with Gasteiger partial charge in [-0.25, -0.2) is 0 Å². The summed E-state index contributed by atoms with van der Waals surface area (Å²) in [5.74, 6) is -1.19. The number of hydrogen-bond acceptors (Lipinski definition) is 4. The van der Waals surface area contributed by atoms with Crippen LogP contribution in [0.5, 0.6) is 5.75 Å². The quantitative estimate of drug-likeness (QED) is 0.455. The summed E-state index contributed by atoms with van der Waals surface area (Å²) in [5.41, 5.74) is 0.330. The number of nitrogens with zero attached hydrogens (tertiary/aromatic N) is 2. The van der Waals surface area contributed by atoms with Gasteiger partial charge in [-0.05, 0) is 22.0 Å². The summed E-state index contributed by atoms with van der Waals surface area (Å²) in [4.78, 5) is 13.1. The van der Waals surface area contributed by atoms with Crippen molar-refractivity contribution in [2.45, 2.75) is 6.92 Å². The zero-order valence-corrected chi connectivity index (χ0v) is 8.19. The molecule has 0 amide bonds. The second kappa shape index (κ2) is 4.37. The Labute approximate surface area is 88.5 Å². The summed E-state index contributed by atoms with van der Waals surface area (Å²) < 4.78 is 40.0. The van der Waals surface area contributed by atoms with E-state index in [9.17, 15) is 23.1 Å². The van der Waals surface area contributed by atoms with Gasteiger partial charge in [-0.15, -0.1) is 0 Å². The third-order valence-corrected chi connectivity index (χ3v) is 1.58. The first-order chi connectivity index (χ1) is 7.29. The molecule has 0 aliphatic rings. The summed E-state index contributed by atoms with van der Waals surface area (Å²) in [6.07, 6.45) is 0. The van der Waals surface area contributed by atoms with E-state index in [1.807, 2.05) is 0 Å². The Morgan fingerprint density at radius 2 is 2.12 bits per heavy atom.